The fourth-order valence-electron chi connectivity index (χ4n) is 2.18. The molecule has 0 saturated heterocycles. The van der Waals surface area contributed by atoms with Crippen molar-refractivity contribution in [3.05, 3.63) is 22.7 Å². The third kappa shape index (κ3) is 2.39. The van der Waals surface area contributed by atoms with Gasteiger partial charge < -0.3 is 20.4 Å². The maximum absolute atomic E-state index is 12.0. The van der Waals surface area contributed by atoms with Crippen molar-refractivity contribution in [3.8, 4) is 0 Å². The number of hydrogen-bond donors (Lipinski definition) is 2. The molecule has 1 aromatic heterocycles. The van der Waals surface area contributed by atoms with Crippen molar-refractivity contribution in [2.45, 2.75) is 45.0 Å². The van der Waals surface area contributed by atoms with Crippen molar-refractivity contribution < 1.29 is 4.74 Å². The highest BCUT2D eigenvalue weighted by Crippen LogP contribution is 2.24. The van der Waals surface area contributed by atoms with E-state index in [9.17, 15) is 4.79 Å². The van der Waals surface area contributed by atoms with E-state index < -0.39 is 0 Å². The molecular weight excluding hydrogens is 232 g/mol. The van der Waals surface area contributed by atoms with E-state index in [2.05, 4.69) is 10.3 Å². The number of hydrogen-bond acceptors (Lipinski definition) is 5. The van der Waals surface area contributed by atoms with Crippen LogP contribution < -0.4 is 16.6 Å². The van der Waals surface area contributed by atoms with Gasteiger partial charge >= 0.3 is 0 Å². The standard InChI is InChI=1S/C12H20N4O2/c1-3-16-6-5-14-11(12(16)17)15-10-8(13)7-9(10)18-4-2/h5-6,8-10H,3-4,7,13H2,1-2H3,(H,14,15). The Morgan fingerprint density at radius 1 is 1.61 bits per heavy atom. The topological polar surface area (TPSA) is 82.2 Å². The average Bonchev–Trinajstić information content (AvgIpc) is 2.37. The molecule has 0 spiro atoms. The highest BCUT2D eigenvalue weighted by Gasteiger charge is 2.39. The van der Waals surface area contributed by atoms with Crippen LogP contribution in [-0.4, -0.2) is 34.3 Å². The van der Waals surface area contributed by atoms with Crippen LogP contribution >= 0.6 is 0 Å². The summed E-state index contributed by atoms with van der Waals surface area (Å²) >= 11 is 0. The quantitative estimate of drug-likeness (QED) is 0.781. The number of nitrogens with two attached hydrogens (primary N) is 1. The first-order chi connectivity index (χ1) is 8.67. The monoisotopic (exact) mass is 252 g/mol. The Balaban J connectivity index is 2.11. The minimum absolute atomic E-state index is 0.0121. The Hall–Kier alpha value is -1.40. The summed E-state index contributed by atoms with van der Waals surface area (Å²) in [5.74, 6) is 0.351. The highest BCUT2D eigenvalue weighted by atomic mass is 16.5. The van der Waals surface area contributed by atoms with Crippen LogP contribution in [0.1, 0.15) is 20.3 Å². The Labute approximate surface area is 106 Å². The van der Waals surface area contributed by atoms with E-state index in [1.807, 2.05) is 13.8 Å². The van der Waals surface area contributed by atoms with E-state index in [-0.39, 0.29) is 23.7 Å². The second kappa shape index (κ2) is 5.49. The first-order valence-corrected chi connectivity index (χ1v) is 6.36. The molecule has 1 saturated carbocycles. The second-order valence-corrected chi connectivity index (χ2v) is 4.43. The first-order valence-electron chi connectivity index (χ1n) is 6.36. The Morgan fingerprint density at radius 3 is 3.00 bits per heavy atom. The van der Waals surface area contributed by atoms with Crippen LogP contribution in [0.5, 0.6) is 0 Å². The third-order valence-electron chi connectivity index (χ3n) is 3.30. The zero-order valence-electron chi connectivity index (χ0n) is 10.8. The van der Waals surface area contributed by atoms with E-state index in [0.29, 0.717) is 19.0 Å². The minimum atomic E-state index is -0.116. The van der Waals surface area contributed by atoms with Crippen LogP contribution in [0.4, 0.5) is 5.82 Å². The third-order valence-corrected chi connectivity index (χ3v) is 3.30. The molecule has 0 amide bonds. The highest BCUT2D eigenvalue weighted by molar-refractivity contribution is 5.35. The van der Waals surface area contributed by atoms with E-state index >= 15 is 0 Å². The second-order valence-electron chi connectivity index (χ2n) is 4.43. The van der Waals surface area contributed by atoms with Crippen molar-refractivity contribution in [1.29, 1.82) is 0 Å². The average molecular weight is 252 g/mol. The lowest BCUT2D eigenvalue weighted by atomic mass is 9.83. The van der Waals surface area contributed by atoms with Gasteiger partial charge in [-0.25, -0.2) is 4.98 Å². The van der Waals surface area contributed by atoms with Gasteiger partial charge in [0.15, 0.2) is 5.82 Å². The molecule has 1 heterocycles. The summed E-state index contributed by atoms with van der Waals surface area (Å²) in [4.78, 5) is 16.1. The molecule has 1 aliphatic rings. The normalized spacial score (nSPS) is 26.7. The number of aryl methyl sites for hydroxylation is 1. The summed E-state index contributed by atoms with van der Waals surface area (Å²) in [6, 6.07) is -0.0177. The van der Waals surface area contributed by atoms with Gasteiger partial charge in [0.2, 0.25) is 0 Å². The molecule has 3 unspecified atom stereocenters. The zero-order chi connectivity index (χ0) is 13.1. The predicted octanol–water partition coefficient (Wildman–Crippen LogP) is 0.180. The number of aromatic nitrogens is 2. The van der Waals surface area contributed by atoms with Gasteiger partial charge in [0.05, 0.1) is 12.1 Å². The summed E-state index contributed by atoms with van der Waals surface area (Å²) in [5.41, 5.74) is 5.82. The molecule has 100 valence electrons. The molecule has 0 aliphatic heterocycles. The van der Waals surface area contributed by atoms with Crippen LogP contribution in [0.3, 0.4) is 0 Å². The van der Waals surface area contributed by atoms with Gasteiger partial charge in [-0.05, 0) is 20.3 Å². The van der Waals surface area contributed by atoms with E-state index in [0.717, 1.165) is 6.42 Å². The summed E-state index contributed by atoms with van der Waals surface area (Å²) < 4.78 is 7.16. The molecule has 0 bridgehead atoms. The maximum Gasteiger partial charge on any atom is 0.293 e. The Morgan fingerprint density at radius 2 is 2.39 bits per heavy atom. The van der Waals surface area contributed by atoms with Gasteiger partial charge in [-0.2, -0.15) is 0 Å². The largest absolute Gasteiger partial charge is 0.376 e. The molecule has 3 atom stereocenters. The summed E-state index contributed by atoms with van der Waals surface area (Å²) in [5, 5.41) is 3.11. The van der Waals surface area contributed by atoms with Crippen LogP contribution in [0, 0.1) is 0 Å². The minimum Gasteiger partial charge on any atom is -0.376 e. The molecule has 2 rings (SSSR count). The maximum atomic E-state index is 12.0. The number of rotatable bonds is 5. The fraction of sp³-hybridized carbons (Fsp3) is 0.667. The molecule has 1 aromatic rings. The Bertz CT molecular complexity index is 458. The zero-order valence-corrected chi connectivity index (χ0v) is 10.8. The van der Waals surface area contributed by atoms with Gasteiger partial charge in [-0.1, -0.05) is 0 Å². The van der Waals surface area contributed by atoms with Gasteiger partial charge in [0.1, 0.15) is 0 Å². The van der Waals surface area contributed by atoms with Crippen LogP contribution in [0.15, 0.2) is 17.2 Å². The van der Waals surface area contributed by atoms with Crippen LogP contribution in [-0.2, 0) is 11.3 Å². The van der Waals surface area contributed by atoms with Crippen molar-refractivity contribution in [3.63, 3.8) is 0 Å². The SMILES string of the molecule is CCOC1CC(N)C1Nc1nccn(CC)c1=O. The van der Waals surface area contributed by atoms with Crippen molar-refractivity contribution in [2.75, 3.05) is 11.9 Å². The lowest BCUT2D eigenvalue weighted by Gasteiger charge is -2.42. The predicted molar refractivity (Wildman–Crippen MR) is 69.6 cm³/mol. The molecule has 6 heteroatoms. The smallest absolute Gasteiger partial charge is 0.293 e. The van der Waals surface area contributed by atoms with Gasteiger partial charge in [0, 0.05) is 31.6 Å². The summed E-state index contributed by atoms with van der Waals surface area (Å²) in [6.07, 6.45) is 4.18. The number of nitrogens with zero attached hydrogens (tertiary/aromatic N) is 2. The number of nitrogens with one attached hydrogen (secondary N) is 1. The Kier molecular flexibility index (Phi) is 3.98. The van der Waals surface area contributed by atoms with E-state index in [1.165, 1.54) is 0 Å². The van der Waals surface area contributed by atoms with Crippen LogP contribution in [0.2, 0.25) is 0 Å². The van der Waals surface area contributed by atoms with Gasteiger partial charge in [0.25, 0.3) is 5.56 Å². The van der Waals surface area contributed by atoms with Gasteiger partial charge in [-0.15, -0.1) is 0 Å². The number of ether oxygens (including phenoxy) is 1. The van der Waals surface area contributed by atoms with Crippen molar-refractivity contribution in [2.24, 2.45) is 5.73 Å². The lowest BCUT2D eigenvalue weighted by molar-refractivity contribution is -0.0127. The van der Waals surface area contributed by atoms with Crippen molar-refractivity contribution in [1.82, 2.24) is 9.55 Å². The molecule has 1 aliphatic carbocycles. The molecule has 6 nitrogen and oxygen atoms in total. The molecule has 0 radical (unpaired) electrons. The van der Waals surface area contributed by atoms with Crippen LogP contribution in [0.25, 0.3) is 0 Å². The van der Waals surface area contributed by atoms with Gasteiger partial charge in [-0.3, -0.25) is 4.79 Å². The number of anilines is 1. The fourth-order valence-corrected chi connectivity index (χ4v) is 2.18. The molecule has 18 heavy (non-hydrogen) atoms. The molecular formula is C12H20N4O2. The summed E-state index contributed by atoms with van der Waals surface area (Å²) in [7, 11) is 0. The van der Waals surface area contributed by atoms with Crippen molar-refractivity contribution >= 4 is 5.82 Å². The molecule has 3 N–H and O–H groups in total. The lowest BCUT2D eigenvalue weighted by Crippen LogP contribution is -2.61. The first kappa shape index (κ1) is 13.0. The molecule has 1 fully saturated rings. The summed E-state index contributed by atoms with van der Waals surface area (Å²) in [6.45, 7) is 5.15. The molecule has 0 aromatic carbocycles. The van der Waals surface area contributed by atoms with E-state index in [4.69, 9.17) is 10.5 Å². The van der Waals surface area contributed by atoms with E-state index in [1.54, 1.807) is 17.0 Å².